The van der Waals surface area contributed by atoms with E-state index in [2.05, 4.69) is 15.0 Å². The monoisotopic (exact) mass is 715 g/mol. The number of hydrogen-bond acceptors (Lipinski definition) is 14. The molecule has 1 saturated heterocycles. The van der Waals surface area contributed by atoms with Gasteiger partial charge in [0.05, 0.1) is 25.4 Å². The minimum absolute atomic E-state index is 0.0108. The number of aliphatic hydroxyl groups is 6. The van der Waals surface area contributed by atoms with E-state index in [1.54, 1.807) is 24.3 Å². The van der Waals surface area contributed by atoms with Crippen molar-refractivity contribution in [3.8, 4) is 11.5 Å². The van der Waals surface area contributed by atoms with Crippen LogP contribution < -0.4 is 19.5 Å². The first kappa shape index (κ1) is 35.2. The van der Waals surface area contributed by atoms with Crippen LogP contribution >= 0.6 is 0 Å². The van der Waals surface area contributed by atoms with Crippen LogP contribution in [0.1, 0.15) is 48.5 Å². The summed E-state index contributed by atoms with van der Waals surface area (Å²) in [4.78, 5) is 40.8. The SMILES string of the molecule is N=C1N=C([O-])C2=NC[NH+](c3ccccc3Cc3cc4c(c(OCCO)c3O[C@@H]3O[C@@H](CO)[C@H](O)[C@@H](O)[C@@H]3O)C(=O)c3cc(CO)ccc3C4=O)C2=N1. The number of rotatable bonds is 10. The number of fused-ring (bicyclic) bond motifs is 3. The Morgan fingerprint density at radius 1 is 0.904 bits per heavy atom. The number of guanidine groups is 1. The lowest BCUT2D eigenvalue weighted by Gasteiger charge is -2.40. The molecular formula is C35H33N5O12. The lowest BCUT2D eigenvalue weighted by molar-refractivity contribution is -0.723. The lowest BCUT2D eigenvalue weighted by atomic mass is 9.81. The Hall–Kier alpha value is -5.24. The molecule has 4 aliphatic rings. The van der Waals surface area contributed by atoms with E-state index in [9.17, 15) is 45.3 Å². The van der Waals surface area contributed by atoms with Gasteiger partial charge in [-0.2, -0.15) is 4.99 Å². The predicted molar refractivity (Wildman–Crippen MR) is 177 cm³/mol. The molecule has 1 fully saturated rings. The summed E-state index contributed by atoms with van der Waals surface area (Å²) in [5.74, 6) is -2.66. The van der Waals surface area contributed by atoms with Gasteiger partial charge in [0.1, 0.15) is 36.7 Å². The molecule has 0 amide bonds. The average molecular weight is 716 g/mol. The van der Waals surface area contributed by atoms with Gasteiger partial charge in [-0.05, 0) is 29.8 Å². The van der Waals surface area contributed by atoms with E-state index in [0.29, 0.717) is 21.7 Å². The van der Waals surface area contributed by atoms with Crippen LogP contribution in [-0.4, -0.2) is 123 Å². The number of quaternary nitrogens is 1. The van der Waals surface area contributed by atoms with Crippen molar-refractivity contribution >= 4 is 40.7 Å². The van der Waals surface area contributed by atoms with E-state index in [0.717, 1.165) is 0 Å². The fourth-order valence-electron chi connectivity index (χ4n) is 6.69. The summed E-state index contributed by atoms with van der Waals surface area (Å²) in [5, 5.41) is 81.7. The molecule has 8 N–H and O–H groups in total. The van der Waals surface area contributed by atoms with Gasteiger partial charge in [0.15, 0.2) is 35.4 Å². The number of para-hydroxylation sites is 1. The Bertz CT molecular complexity index is 2080. The number of aliphatic imine (C=N–C) groups is 3. The minimum Gasteiger partial charge on any atom is -0.857 e. The molecule has 0 aromatic heterocycles. The fourth-order valence-corrected chi connectivity index (χ4v) is 6.69. The van der Waals surface area contributed by atoms with E-state index in [4.69, 9.17) is 19.6 Å². The average Bonchev–Trinajstić information content (AvgIpc) is 3.57. The largest absolute Gasteiger partial charge is 0.857 e. The van der Waals surface area contributed by atoms with Crippen LogP contribution in [0.2, 0.25) is 0 Å². The van der Waals surface area contributed by atoms with E-state index in [1.807, 2.05) is 0 Å². The van der Waals surface area contributed by atoms with Crippen LogP contribution in [0.3, 0.4) is 0 Å². The summed E-state index contributed by atoms with van der Waals surface area (Å²) in [5.41, 5.74) is 1.57. The van der Waals surface area contributed by atoms with Crippen molar-refractivity contribution in [1.29, 1.82) is 5.41 Å². The van der Waals surface area contributed by atoms with Crippen molar-refractivity contribution in [2.45, 2.75) is 43.7 Å². The van der Waals surface area contributed by atoms with Gasteiger partial charge in [0, 0.05) is 40.1 Å². The summed E-state index contributed by atoms with van der Waals surface area (Å²) in [6.45, 7) is -1.98. The number of carbonyl (C=O) groups is 2. The van der Waals surface area contributed by atoms with Crippen LogP contribution in [0, 0.1) is 5.41 Å². The molecular weight excluding hydrogens is 682 g/mol. The Morgan fingerprint density at radius 2 is 1.69 bits per heavy atom. The minimum atomic E-state index is -1.86. The van der Waals surface area contributed by atoms with Gasteiger partial charge in [0.2, 0.25) is 12.2 Å². The first-order chi connectivity index (χ1) is 25.1. The highest BCUT2D eigenvalue weighted by Crippen LogP contribution is 2.45. The molecule has 3 aromatic carbocycles. The van der Waals surface area contributed by atoms with Crippen molar-refractivity contribution in [3.63, 3.8) is 0 Å². The number of hydrogen-bond donors (Lipinski definition) is 8. The zero-order chi connectivity index (χ0) is 36.8. The van der Waals surface area contributed by atoms with Crippen LogP contribution in [0.15, 0.2) is 63.5 Å². The molecule has 0 spiro atoms. The number of nitrogens with one attached hydrogen (secondary N) is 2. The molecule has 52 heavy (non-hydrogen) atoms. The van der Waals surface area contributed by atoms with E-state index in [-0.39, 0.29) is 70.6 Å². The molecule has 0 bridgehead atoms. The molecule has 0 radical (unpaired) electrons. The maximum absolute atomic E-state index is 14.2. The maximum atomic E-state index is 14.2. The maximum Gasteiger partial charge on any atom is 0.262 e. The normalized spacial score (nSPS) is 25.1. The van der Waals surface area contributed by atoms with Crippen molar-refractivity contribution in [2.24, 2.45) is 15.0 Å². The van der Waals surface area contributed by atoms with Crippen LogP contribution in [0.5, 0.6) is 11.5 Å². The first-order valence-electron chi connectivity index (χ1n) is 16.2. The zero-order valence-corrected chi connectivity index (χ0v) is 27.2. The Balaban J connectivity index is 1.39. The molecule has 17 heteroatoms. The second kappa shape index (κ2) is 14.1. The molecule has 3 aliphatic heterocycles. The molecule has 3 heterocycles. The second-order valence-corrected chi connectivity index (χ2v) is 12.4. The van der Waals surface area contributed by atoms with Gasteiger partial charge in [-0.25, -0.2) is 14.9 Å². The van der Waals surface area contributed by atoms with Crippen LogP contribution in [0.25, 0.3) is 0 Å². The smallest absolute Gasteiger partial charge is 0.262 e. The highest BCUT2D eigenvalue weighted by atomic mass is 16.7. The highest BCUT2D eigenvalue weighted by Gasteiger charge is 2.46. The van der Waals surface area contributed by atoms with Gasteiger partial charge in [-0.15, -0.1) is 0 Å². The summed E-state index contributed by atoms with van der Waals surface area (Å²) in [7, 11) is 0. The zero-order valence-electron chi connectivity index (χ0n) is 27.2. The van der Waals surface area contributed by atoms with E-state index >= 15 is 0 Å². The fraction of sp³-hybridized carbons (Fsp3) is 0.314. The third-order valence-electron chi connectivity index (χ3n) is 9.22. The number of carbonyl (C=O) groups excluding carboxylic acids is 2. The standard InChI is InChI=1S/C35H33N5O12/c36-35-38-32-24(33(49)39-35)37-14-40(32)21-4-2-1-3-16(21)10-17-11-20-23(26(45)19-9-15(12-42)5-6-18(19)25(20)44)31(50-8-7-41)30(17)52-34-29(48)28(47)27(46)22(13-43)51-34/h1-6,9,11,22,27-29,34,41-43,46-48H,7-8,10,12-14H2,(H2,36,39,49)/t22-,27-,28+,29-,34-/m0/s1. The molecule has 6 atom stereocenters. The third-order valence-corrected chi connectivity index (χ3v) is 9.22. The number of ketones is 2. The van der Waals surface area contributed by atoms with Crippen LogP contribution in [-0.2, 0) is 17.8 Å². The van der Waals surface area contributed by atoms with Crippen molar-refractivity contribution < 1.29 is 64.4 Å². The summed E-state index contributed by atoms with van der Waals surface area (Å²) < 4.78 is 17.8. The first-order valence-corrected chi connectivity index (χ1v) is 16.2. The Labute approximate surface area is 294 Å². The van der Waals surface area contributed by atoms with E-state index in [1.165, 1.54) is 24.3 Å². The number of ether oxygens (including phenoxy) is 3. The predicted octanol–water partition coefficient (Wildman–Crippen LogP) is -2.87. The van der Waals surface area contributed by atoms with Gasteiger partial charge in [0.25, 0.3) is 5.84 Å². The Morgan fingerprint density at radius 3 is 2.44 bits per heavy atom. The highest BCUT2D eigenvalue weighted by molar-refractivity contribution is 6.66. The quantitative estimate of drug-likeness (QED) is 0.0823. The summed E-state index contributed by atoms with van der Waals surface area (Å²) >= 11 is 0. The summed E-state index contributed by atoms with van der Waals surface area (Å²) in [6.07, 6.45) is -8.52. The number of aliphatic hydroxyl groups excluding tert-OH is 6. The molecule has 3 aromatic rings. The number of benzene rings is 3. The van der Waals surface area contributed by atoms with Crippen molar-refractivity contribution in [2.75, 3.05) is 26.5 Å². The van der Waals surface area contributed by atoms with Crippen molar-refractivity contribution in [1.82, 2.24) is 0 Å². The van der Waals surface area contributed by atoms with Gasteiger partial charge >= 0.3 is 0 Å². The van der Waals surface area contributed by atoms with Gasteiger partial charge < -0.3 is 50.0 Å². The van der Waals surface area contributed by atoms with E-state index < -0.39 is 74.0 Å². The molecule has 270 valence electrons. The lowest BCUT2D eigenvalue weighted by Crippen LogP contribution is -3.09. The van der Waals surface area contributed by atoms with Gasteiger partial charge in [-0.3, -0.25) is 15.0 Å². The Kier molecular flexibility index (Phi) is 9.51. The van der Waals surface area contributed by atoms with Crippen molar-refractivity contribution in [3.05, 3.63) is 87.5 Å². The molecule has 1 aliphatic carbocycles. The molecule has 1 unspecified atom stereocenters. The second-order valence-electron chi connectivity index (χ2n) is 12.4. The number of nitrogens with zero attached hydrogens (tertiary/aromatic N) is 3. The molecule has 7 rings (SSSR count). The summed E-state index contributed by atoms with van der Waals surface area (Å²) in [6, 6.07) is 12.8. The topological polar surface area (TPSA) is 272 Å². The molecule has 17 nitrogen and oxygen atoms in total. The van der Waals surface area contributed by atoms with Crippen LogP contribution in [0.4, 0.5) is 5.69 Å². The van der Waals surface area contributed by atoms with Gasteiger partial charge in [-0.1, -0.05) is 24.3 Å². The number of amidine groups is 1. The molecule has 0 saturated carbocycles. The third kappa shape index (κ3) is 5.98.